The fraction of sp³-hybridized carbons (Fsp3) is 0.571. The summed E-state index contributed by atoms with van der Waals surface area (Å²) >= 11 is 0. The molecular weight excluding hydrogens is 416 g/mol. The SMILES string of the molecule is COC1=C(OC)C(=O)C(CCC(C)(O)CCC=C(C)CCC=C(C)CCC=C(C)C)=CC1=O. The highest BCUT2D eigenvalue weighted by molar-refractivity contribution is 6.21. The lowest BCUT2D eigenvalue weighted by Gasteiger charge is -2.24. The van der Waals surface area contributed by atoms with Gasteiger partial charge in [-0.05, 0) is 92.1 Å². The van der Waals surface area contributed by atoms with Gasteiger partial charge in [-0.25, -0.2) is 0 Å². The average Bonchev–Trinajstić information content (AvgIpc) is 2.73. The van der Waals surface area contributed by atoms with Crippen LogP contribution in [0.25, 0.3) is 0 Å². The van der Waals surface area contributed by atoms with Crippen molar-refractivity contribution in [3.05, 3.63) is 58.1 Å². The van der Waals surface area contributed by atoms with Crippen molar-refractivity contribution in [3.8, 4) is 0 Å². The first kappa shape index (κ1) is 28.6. The van der Waals surface area contributed by atoms with E-state index in [1.54, 1.807) is 6.92 Å². The summed E-state index contributed by atoms with van der Waals surface area (Å²) < 4.78 is 10.1. The molecule has 0 saturated heterocycles. The molecule has 5 heteroatoms. The highest BCUT2D eigenvalue weighted by Crippen LogP contribution is 2.27. The Bertz CT molecular complexity index is 846. The third kappa shape index (κ3) is 10.4. The van der Waals surface area contributed by atoms with Crippen molar-refractivity contribution < 1.29 is 24.2 Å². The van der Waals surface area contributed by atoms with Crippen LogP contribution in [-0.4, -0.2) is 36.5 Å². The highest BCUT2D eigenvalue weighted by Gasteiger charge is 2.31. The third-order valence-electron chi connectivity index (χ3n) is 5.87. The van der Waals surface area contributed by atoms with Crippen LogP contribution in [0.1, 0.15) is 86.0 Å². The predicted octanol–water partition coefficient (Wildman–Crippen LogP) is 6.30. The number of carbonyl (C=O) groups excluding carboxylic acids is 2. The van der Waals surface area contributed by atoms with E-state index in [4.69, 9.17) is 9.47 Å². The standard InChI is InChI=1S/C28H42O5/c1-20(2)11-8-12-21(3)13-9-14-22(4)15-10-17-28(5,31)18-16-23-19-24(29)26(32-6)27(33-7)25(23)30/h11,13,15,19,31H,8-10,12,14,16-18H2,1-7H3. The van der Waals surface area contributed by atoms with Gasteiger partial charge in [0, 0.05) is 5.57 Å². The Hall–Kier alpha value is -2.40. The number of carbonyl (C=O) groups is 2. The molecule has 1 unspecified atom stereocenters. The van der Waals surface area contributed by atoms with Gasteiger partial charge in [-0.3, -0.25) is 9.59 Å². The molecule has 0 aromatic heterocycles. The van der Waals surface area contributed by atoms with E-state index in [1.807, 2.05) is 0 Å². The van der Waals surface area contributed by atoms with Crippen LogP contribution >= 0.6 is 0 Å². The maximum absolute atomic E-state index is 12.5. The topological polar surface area (TPSA) is 72.8 Å². The first-order valence-electron chi connectivity index (χ1n) is 11.8. The lowest BCUT2D eigenvalue weighted by molar-refractivity contribution is -0.120. The summed E-state index contributed by atoms with van der Waals surface area (Å²) in [5, 5.41) is 10.8. The number of allylic oxidation sites excluding steroid dienone is 8. The Kier molecular flexibility index (Phi) is 12.1. The van der Waals surface area contributed by atoms with Crippen molar-refractivity contribution in [2.45, 2.75) is 91.6 Å². The van der Waals surface area contributed by atoms with Gasteiger partial charge in [0.15, 0.2) is 0 Å². The maximum Gasteiger partial charge on any atom is 0.227 e. The summed E-state index contributed by atoms with van der Waals surface area (Å²) in [7, 11) is 2.68. The largest absolute Gasteiger partial charge is 0.490 e. The second kappa shape index (κ2) is 14.0. The molecule has 1 rings (SSSR count). The summed E-state index contributed by atoms with van der Waals surface area (Å²) in [6, 6.07) is 0. The molecule has 0 fully saturated rings. The van der Waals surface area contributed by atoms with E-state index in [1.165, 1.54) is 37.0 Å². The zero-order valence-electron chi connectivity index (χ0n) is 21.5. The third-order valence-corrected chi connectivity index (χ3v) is 5.87. The van der Waals surface area contributed by atoms with E-state index in [2.05, 4.69) is 45.9 Å². The van der Waals surface area contributed by atoms with Crippen LogP contribution in [0.15, 0.2) is 58.1 Å². The van der Waals surface area contributed by atoms with Crippen molar-refractivity contribution in [3.63, 3.8) is 0 Å². The molecule has 0 saturated carbocycles. The number of rotatable bonds is 14. The molecule has 0 aromatic carbocycles. The van der Waals surface area contributed by atoms with Crippen LogP contribution < -0.4 is 0 Å². The van der Waals surface area contributed by atoms with E-state index >= 15 is 0 Å². The van der Waals surface area contributed by atoms with Gasteiger partial charge in [0.25, 0.3) is 0 Å². The van der Waals surface area contributed by atoms with Gasteiger partial charge in [0.2, 0.25) is 23.1 Å². The molecule has 184 valence electrons. The monoisotopic (exact) mass is 458 g/mol. The average molecular weight is 459 g/mol. The Balaban J connectivity index is 2.48. The fourth-order valence-electron chi connectivity index (χ4n) is 3.71. The zero-order valence-corrected chi connectivity index (χ0v) is 21.5. The normalized spacial score (nSPS) is 17.0. The molecule has 0 aliphatic heterocycles. The van der Waals surface area contributed by atoms with Crippen molar-refractivity contribution in [2.75, 3.05) is 14.2 Å². The Morgan fingerprint density at radius 3 is 1.97 bits per heavy atom. The van der Waals surface area contributed by atoms with E-state index in [0.717, 1.165) is 32.1 Å². The van der Waals surface area contributed by atoms with Crippen LogP contribution in [0.2, 0.25) is 0 Å². The van der Waals surface area contributed by atoms with Crippen molar-refractivity contribution in [2.24, 2.45) is 0 Å². The predicted molar refractivity (Wildman–Crippen MR) is 134 cm³/mol. The molecule has 0 spiro atoms. The molecule has 0 bridgehead atoms. The number of Topliss-reactive ketones (excluding diaryl/α,β-unsaturated/α-hetero) is 1. The molecule has 1 N–H and O–H groups in total. The van der Waals surface area contributed by atoms with Gasteiger partial charge < -0.3 is 14.6 Å². The molecule has 0 radical (unpaired) electrons. The molecule has 1 aliphatic rings. The second-order valence-electron chi connectivity index (χ2n) is 9.42. The number of methoxy groups -OCH3 is 2. The number of ketones is 2. The van der Waals surface area contributed by atoms with Crippen molar-refractivity contribution in [1.29, 1.82) is 0 Å². The summed E-state index contributed by atoms with van der Waals surface area (Å²) in [5.41, 5.74) is 3.52. The minimum atomic E-state index is -0.930. The quantitative estimate of drug-likeness (QED) is 0.244. The summed E-state index contributed by atoms with van der Waals surface area (Å²) in [4.78, 5) is 24.7. The molecule has 1 atom stereocenters. The zero-order chi connectivity index (χ0) is 25.0. The van der Waals surface area contributed by atoms with Crippen LogP contribution in [0, 0.1) is 0 Å². The second-order valence-corrected chi connectivity index (χ2v) is 9.42. The lowest BCUT2D eigenvalue weighted by atomic mass is 9.88. The van der Waals surface area contributed by atoms with Gasteiger partial charge in [-0.15, -0.1) is 0 Å². The molecule has 0 heterocycles. The summed E-state index contributed by atoms with van der Waals surface area (Å²) in [6.07, 6.45) is 14.4. The first-order valence-corrected chi connectivity index (χ1v) is 11.8. The van der Waals surface area contributed by atoms with Gasteiger partial charge in [-0.2, -0.15) is 0 Å². The van der Waals surface area contributed by atoms with E-state index in [9.17, 15) is 14.7 Å². The molecule has 0 amide bonds. The Labute approximate surface area is 199 Å². The molecule has 1 aliphatic carbocycles. The number of ether oxygens (including phenoxy) is 2. The van der Waals surface area contributed by atoms with Gasteiger partial charge in [0.05, 0.1) is 19.8 Å². The molecule has 0 aromatic rings. The van der Waals surface area contributed by atoms with Crippen LogP contribution in [0.3, 0.4) is 0 Å². The van der Waals surface area contributed by atoms with E-state index in [0.29, 0.717) is 24.8 Å². The fourth-order valence-corrected chi connectivity index (χ4v) is 3.71. The number of hydrogen-bond donors (Lipinski definition) is 1. The molecule has 33 heavy (non-hydrogen) atoms. The summed E-state index contributed by atoms with van der Waals surface area (Å²) in [6.45, 7) is 10.4. The minimum absolute atomic E-state index is 0.0700. The molecule has 5 nitrogen and oxygen atoms in total. The van der Waals surface area contributed by atoms with Crippen molar-refractivity contribution in [1.82, 2.24) is 0 Å². The van der Waals surface area contributed by atoms with Crippen LogP contribution in [0.5, 0.6) is 0 Å². The van der Waals surface area contributed by atoms with E-state index < -0.39 is 5.60 Å². The summed E-state index contributed by atoms with van der Waals surface area (Å²) in [5.74, 6) is -0.885. The highest BCUT2D eigenvalue weighted by atomic mass is 16.5. The maximum atomic E-state index is 12.5. The van der Waals surface area contributed by atoms with Crippen molar-refractivity contribution >= 4 is 11.6 Å². The van der Waals surface area contributed by atoms with Gasteiger partial charge in [0.1, 0.15) is 0 Å². The van der Waals surface area contributed by atoms with E-state index in [-0.39, 0.29) is 23.1 Å². The van der Waals surface area contributed by atoms with Gasteiger partial charge in [-0.1, -0.05) is 34.9 Å². The van der Waals surface area contributed by atoms with Gasteiger partial charge >= 0.3 is 0 Å². The minimum Gasteiger partial charge on any atom is -0.490 e. The first-order chi connectivity index (χ1) is 15.5. The van der Waals surface area contributed by atoms with Crippen LogP contribution in [-0.2, 0) is 19.1 Å². The number of hydrogen-bond acceptors (Lipinski definition) is 5. The number of aliphatic hydroxyl groups is 1. The Morgan fingerprint density at radius 2 is 1.42 bits per heavy atom. The lowest BCUT2D eigenvalue weighted by Crippen LogP contribution is -2.26. The smallest absolute Gasteiger partial charge is 0.227 e. The molecular formula is C28H42O5. The van der Waals surface area contributed by atoms with Crippen LogP contribution in [0.4, 0.5) is 0 Å². The Morgan fingerprint density at radius 1 is 0.879 bits per heavy atom.